The lowest BCUT2D eigenvalue weighted by Crippen LogP contribution is -1.96. The van der Waals surface area contributed by atoms with Gasteiger partial charge in [-0.05, 0) is 67.3 Å². The lowest BCUT2D eigenvalue weighted by molar-refractivity contribution is 1.17. The number of benzene rings is 3. The highest BCUT2D eigenvalue weighted by molar-refractivity contribution is 6.04. The molecule has 0 amide bonds. The standard InChI is InChI=1S/C22H22N4/c1-12-13(2)20(16-6-10-18(24)11-7-16)22-21(25-14(3)26-22)19(12)15-4-8-17(23)9-5-15/h4-11H,23-24H2,1-3H3,(H,25,26). The second-order valence-corrected chi connectivity index (χ2v) is 6.79. The lowest BCUT2D eigenvalue weighted by Gasteiger charge is -2.16. The number of anilines is 2. The van der Waals surface area contributed by atoms with Gasteiger partial charge in [-0.25, -0.2) is 4.98 Å². The van der Waals surface area contributed by atoms with E-state index in [0.29, 0.717) is 0 Å². The van der Waals surface area contributed by atoms with Crippen LogP contribution in [-0.2, 0) is 0 Å². The van der Waals surface area contributed by atoms with Gasteiger partial charge in [-0.15, -0.1) is 0 Å². The van der Waals surface area contributed by atoms with Crippen molar-refractivity contribution in [2.75, 3.05) is 11.5 Å². The summed E-state index contributed by atoms with van der Waals surface area (Å²) >= 11 is 0. The van der Waals surface area contributed by atoms with Gasteiger partial charge in [0.05, 0.1) is 11.0 Å². The molecule has 26 heavy (non-hydrogen) atoms. The van der Waals surface area contributed by atoms with E-state index in [1.165, 1.54) is 16.7 Å². The number of hydrogen-bond acceptors (Lipinski definition) is 3. The van der Waals surface area contributed by atoms with Gasteiger partial charge in [0, 0.05) is 22.5 Å². The second-order valence-electron chi connectivity index (χ2n) is 6.79. The van der Waals surface area contributed by atoms with Gasteiger partial charge < -0.3 is 16.5 Å². The first-order valence-corrected chi connectivity index (χ1v) is 8.67. The lowest BCUT2D eigenvalue weighted by atomic mass is 9.88. The van der Waals surface area contributed by atoms with Crippen molar-refractivity contribution in [3.8, 4) is 22.3 Å². The first-order chi connectivity index (χ1) is 12.5. The van der Waals surface area contributed by atoms with E-state index in [-0.39, 0.29) is 0 Å². The molecule has 0 fully saturated rings. The monoisotopic (exact) mass is 342 g/mol. The molecule has 1 aromatic heterocycles. The van der Waals surface area contributed by atoms with Gasteiger partial charge in [-0.2, -0.15) is 0 Å². The Kier molecular flexibility index (Phi) is 3.69. The quantitative estimate of drug-likeness (QED) is 0.449. The number of H-pyrrole nitrogens is 1. The topological polar surface area (TPSA) is 80.7 Å². The van der Waals surface area contributed by atoms with Crippen LogP contribution in [0.15, 0.2) is 48.5 Å². The molecule has 130 valence electrons. The third kappa shape index (κ3) is 2.51. The molecule has 4 heteroatoms. The second kappa shape index (κ2) is 5.92. The molecular formula is C22H22N4. The molecule has 1 heterocycles. The fourth-order valence-corrected chi connectivity index (χ4v) is 3.61. The van der Waals surface area contributed by atoms with E-state index in [1.54, 1.807) is 0 Å². The number of hydrogen-bond donors (Lipinski definition) is 3. The molecule has 0 aliphatic carbocycles. The minimum absolute atomic E-state index is 0.760. The van der Waals surface area contributed by atoms with E-state index in [0.717, 1.165) is 44.9 Å². The molecule has 0 aliphatic heterocycles. The van der Waals surface area contributed by atoms with Crippen LogP contribution in [0.4, 0.5) is 11.4 Å². The van der Waals surface area contributed by atoms with Crippen molar-refractivity contribution in [1.29, 1.82) is 0 Å². The maximum absolute atomic E-state index is 5.87. The number of aromatic amines is 1. The number of aromatic nitrogens is 2. The molecule has 4 nitrogen and oxygen atoms in total. The summed E-state index contributed by atoms with van der Waals surface area (Å²) in [5, 5.41) is 0. The Morgan fingerprint density at radius 1 is 0.692 bits per heavy atom. The zero-order valence-electron chi connectivity index (χ0n) is 15.2. The third-order valence-corrected chi connectivity index (χ3v) is 5.02. The number of rotatable bonds is 2. The maximum Gasteiger partial charge on any atom is 0.104 e. The minimum atomic E-state index is 0.760. The Hall–Kier alpha value is -3.27. The van der Waals surface area contributed by atoms with Gasteiger partial charge in [0.15, 0.2) is 0 Å². The van der Waals surface area contributed by atoms with Crippen molar-refractivity contribution < 1.29 is 0 Å². The molecule has 4 aromatic rings. The van der Waals surface area contributed by atoms with Crippen molar-refractivity contribution in [3.63, 3.8) is 0 Å². The van der Waals surface area contributed by atoms with Crippen LogP contribution < -0.4 is 11.5 Å². The van der Waals surface area contributed by atoms with Crippen LogP contribution in [0.2, 0.25) is 0 Å². The Morgan fingerprint density at radius 3 is 1.69 bits per heavy atom. The van der Waals surface area contributed by atoms with Crippen LogP contribution >= 0.6 is 0 Å². The predicted octanol–water partition coefficient (Wildman–Crippen LogP) is 4.99. The van der Waals surface area contributed by atoms with Crippen LogP contribution in [0.3, 0.4) is 0 Å². The number of nitrogens with two attached hydrogens (primary N) is 2. The predicted molar refractivity (Wildman–Crippen MR) is 110 cm³/mol. The number of imidazole rings is 1. The van der Waals surface area contributed by atoms with Crippen molar-refractivity contribution in [2.45, 2.75) is 20.8 Å². The van der Waals surface area contributed by atoms with E-state index in [2.05, 4.69) is 43.1 Å². The largest absolute Gasteiger partial charge is 0.399 e. The van der Waals surface area contributed by atoms with Gasteiger partial charge in [-0.3, -0.25) is 0 Å². The molecule has 5 N–H and O–H groups in total. The third-order valence-electron chi connectivity index (χ3n) is 5.02. The van der Waals surface area contributed by atoms with Gasteiger partial charge >= 0.3 is 0 Å². The molecule has 0 saturated carbocycles. The van der Waals surface area contributed by atoms with E-state index < -0.39 is 0 Å². The van der Waals surface area contributed by atoms with Gasteiger partial charge in [0.1, 0.15) is 5.82 Å². The number of nitrogens with one attached hydrogen (secondary N) is 1. The fraction of sp³-hybridized carbons (Fsp3) is 0.136. The normalized spacial score (nSPS) is 11.2. The molecule has 4 rings (SSSR count). The van der Waals surface area contributed by atoms with Crippen molar-refractivity contribution in [2.24, 2.45) is 0 Å². The zero-order valence-corrected chi connectivity index (χ0v) is 15.2. The Labute approximate surface area is 152 Å². The zero-order chi connectivity index (χ0) is 18.4. The number of fused-ring (bicyclic) bond motifs is 1. The van der Waals surface area contributed by atoms with Crippen LogP contribution in [0.5, 0.6) is 0 Å². The molecule has 0 bridgehead atoms. The summed E-state index contributed by atoms with van der Waals surface area (Å²) in [6.07, 6.45) is 0. The molecule has 3 aromatic carbocycles. The summed E-state index contributed by atoms with van der Waals surface area (Å²) in [5.41, 5.74) is 22.4. The average Bonchev–Trinajstić information content (AvgIpc) is 2.99. The highest BCUT2D eigenvalue weighted by atomic mass is 14.9. The summed E-state index contributed by atoms with van der Waals surface area (Å²) in [7, 11) is 0. The van der Waals surface area contributed by atoms with Gasteiger partial charge in [0.25, 0.3) is 0 Å². The van der Waals surface area contributed by atoms with Crippen LogP contribution in [-0.4, -0.2) is 9.97 Å². The van der Waals surface area contributed by atoms with Crippen molar-refractivity contribution >= 4 is 22.4 Å². The van der Waals surface area contributed by atoms with Gasteiger partial charge in [0.2, 0.25) is 0 Å². The summed E-state index contributed by atoms with van der Waals surface area (Å²) in [6, 6.07) is 16.0. The van der Waals surface area contributed by atoms with Gasteiger partial charge in [-0.1, -0.05) is 24.3 Å². The molecule has 0 unspecified atom stereocenters. The minimum Gasteiger partial charge on any atom is -0.399 e. The number of nitrogen functional groups attached to an aromatic ring is 2. The van der Waals surface area contributed by atoms with E-state index >= 15 is 0 Å². The summed E-state index contributed by atoms with van der Waals surface area (Å²) in [4.78, 5) is 8.27. The fourth-order valence-electron chi connectivity index (χ4n) is 3.61. The maximum atomic E-state index is 5.87. The molecule has 0 atom stereocenters. The van der Waals surface area contributed by atoms with Crippen LogP contribution in [0.25, 0.3) is 33.3 Å². The first kappa shape index (κ1) is 16.2. The Balaban J connectivity index is 2.08. The molecule has 0 radical (unpaired) electrons. The number of aryl methyl sites for hydroxylation is 1. The molecule has 0 spiro atoms. The highest BCUT2D eigenvalue weighted by Gasteiger charge is 2.19. The average molecular weight is 342 g/mol. The molecular weight excluding hydrogens is 320 g/mol. The van der Waals surface area contributed by atoms with Crippen molar-refractivity contribution in [3.05, 3.63) is 65.5 Å². The SMILES string of the molecule is Cc1nc2c(-c3ccc(N)cc3)c(C)c(C)c(-c3ccc(N)cc3)c2[nH]1. The first-order valence-electron chi connectivity index (χ1n) is 8.67. The molecule has 0 aliphatic rings. The Bertz CT molecular complexity index is 1020. The van der Waals surface area contributed by atoms with E-state index in [4.69, 9.17) is 16.5 Å². The smallest absolute Gasteiger partial charge is 0.104 e. The number of nitrogens with zero attached hydrogens (tertiary/aromatic N) is 1. The van der Waals surface area contributed by atoms with E-state index in [1.807, 2.05) is 31.2 Å². The summed E-state index contributed by atoms with van der Waals surface area (Å²) < 4.78 is 0. The molecule has 0 saturated heterocycles. The summed E-state index contributed by atoms with van der Waals surface area (Å²) in [6.45, 7) is 6.31. The summed E-state index contributed by atoms with van der Waals surface area (Å²) in [5.74, 6) is 0.901. The Morgan fingerprint density at radius 2 is 1.15 bits per heavy atom. The van der Waals surface area contributed by atoms with E-state index in [9.17, 15) is 0 Å². The van der Waals surface area contributed by atoms with Crippen LogP contribution in [0, 0.1) is 20.8 Å². The van der Waals surface area contributed by atoms with Crippen molar-refractivity contribution in [1.82, 2.24) is 9.97 Å². The highest BCUT2D eigenvalue weighted by Crippen LogP contribution is 2.40. The van der Waals surface area contributed by atoms with Crippen LogP contribution in [0.1, 0.15) is 17.0 Å².